The van der Waals surface area contributed by atoms with Crippen molar-refractivity contribution in [2.75, 3.05) is 21.3 Å². The van der Waals surface area contributed by atoms with Gasteiger partial charge in [-0.15, -0.1) is 0 Å². The first-order chi connectivity index (χ1) is 15.1. The molecule has 1 unspecified atom stereocenters. The van der Waals surface area contributed by atoms with Gasteiger partial charge in [-0.1, -0.05) is 30.1 Å². The Morgan fingerprint density at radius 3 is 2.12 bits per heavy atom. The van der Waals surface area contributed by atoms with Crippen LogP contribution in [-0.2, 0) is 11.2 Å². The van der Waals surface area contributed by atoms with Gasteiger partial charge in [-0.25, -0.2) is 4.79 Å². The number of rotatable bonds is 3. The second-order valence-corrected chi connectivity index (χ2v) is 9.06. The molecule has 9 heteroatoms. The van der Waals surface area contributed by atoms with Crippen LogP contribution in [0.5, 0.6) is 11.5 Å². The number of esters is 1. The summed E-state index contributed by atoms with van der Waals surface area (Å²) >= 11 is 12.7. The molecule has 1 atom stereocenters. The van der Waals surface area contributed by atoms with E-state index in [0.717, 1.165) is 0 Å². The van der Waals surface area contributed by atoms with E-state index in [2.05, 4.69) is 0 Å². The SMILES string of the molecule is COC(=O)c1cc(OC)c2c(c1)C(=O)c1c3c(cc(OC)c1C2=O)CC(C)C(Cl)(Cl)C3=O. The van der Waals surface area contributed by atoms with Crippen LogP contribution in [-0.4, -0.2) is 49.0 Å². The molecule has 0 N–H and O–H groups in total. The number of ketones is 3. The largest absolute Gasteiger partial charge is 0.496 e. The van der Waals surface area contributed by atoms with Crippen LogP contribution in [0.4, 0.5) is 0 Å². The highest BCUT2D eigenvalue weighted by Crippen LogP contribution is 2.47. The van der Waals surface area contributed by atoms with Crippen molar-refractivity contribution in [1.29, 1.82) is 0 Å². The molecule has 0 spiro atoms. The molecule has 4 rings (SSSR count). The zero-order chi connectivity index (χ0) is 23.5. The fourth-order valence-electron chi connectivity index (χ4n) is 4.28. The Morgan fingerprint density at radius 1 is 0.906 bits per heavy atom. The topological polar surface area (TPSA) is 96.0 Å². The molecule has 0 fully saturated rings. The summed E-state index contributed by atoms with van der Waals surface area (Å²) in [5, 5.41) is 0. The number of carbonyl (C=O) groups is 4. The van der Waals surface area contributed by atoms with E-state index in [-0.39, 0.29) is 44.9 Å². The zero-order valence-corrected chi connectivity index (χ0v) is 19.1. The Hall–Kier alpha value is -2.90. The summed E-state index contributed by atoms with van der Waals surface area (Å²) in [6, 6.07) is 4.14. The molecule has 0 aliphatic heterocycles. The van der Waals surface area contributed by atoms with E-state index in [4.69, 9.17) is 37.4 Å². The lowest BCUT2D eigenvalue weighted by atomic mass is 9.73. The van der Waals surface area contributed by atoms with Gasteiger partial charge >= 0.3 is 5.97 Å². The molecule has 0 aromatic heterocycles. The van der Waals surface area contributed by atoms with E-state index < -0.39 is 33.6 Å². The normalized spacial score (nSPS) is 18.4. The van der Waals surface area contributed by atoms with Gasteiger partial charge in [0.25, 0.3) is 0 Å². The minimum Gasteiger partial charge on any atom is -0.496 e. The van der Waals surface area contributed by atoms with E-state index in [1.165, 1.54) is 33.5 Å². The fraction of sp³-hybridized carbons (Fsp3) is 0.304. The Balaban J connectivity index is 2.08. The number of halogens is 2. The lowest BCUT2D eigenvalue weighted by molar-refractivity contribution is 0.0599. The molecule has 2 aliphatic carbocycles. The van der Waals surface area contributed by atoms with Crippen LogP contribution in [0.2, 0.25) is 0 Å². The quantitative estimate of drug-likeness (QED) is 0.418. The van der Waals surface area contributed by atoms with Crippen LogP contribution >= 0.6 is 23.2 Å². The van der Waals surface area contributed by atoms with Crippen molar-refractivity contribution < 1.29 is 33.4 Å². The smallest absolute Gasteiger partial charge is 0.338 e. The average molecular weight is 477 g/mol. The van der Waals surface area contributed by atoms with Crippen molar-refractivity contribution in [3.05, 3.63) is 57.1 Å². The molecule has 32 heavy (non-hydrogen) atoms. The van der Waals surface area contributed by atoms with Gasteiger partial charge in [0.05, 0.1) is 38.0 Å². The van der Waals surface area contributed by atoms with Crippen LogP contribution in [0.3, 0.4) is 0 Å². The molecule has 2 aromatic carbocycles. The van der Waals surface area contributed by atoms with Crippen molar-refractivity contribution in [3.8, 4) is 11.5 Å². The third-order valence-corrected chi connectivity index (χ3v) is 7.02. The molecule has 0 amide bonds. The van der Waals surface area contributed by atoms with Gasteiger partial charge in [0.2, 0.25) is 5.78 Å². The van der Waals surface area contributed by atoms with Gasteiger partial charge in [0.15, 0.2) is 15.9 Å². The Morgan fingerprint density at radius 2 is 1.53 bits per heavy atom. The highest BCUT2D eigenvalue weighted by molar-refractivity contribution is 6.61. The summed E-state index contributed by atoms with van der Waals surface area (Å²) in [5.74, 6) is -2.84. The fourth-order valence-corrected chi connectivity index (χ4v) is 4.62. The number of methoxy groups -OCH3 is 3. The highest BCUT2D eigenvalue weighted by atomic mass is 35.5. The second kappa shape index (κ2) is 7.60. The van der Waals surface area contributed by atoms with E-state index in [1.54, 1.807) is 13.0 Å². The van der Waals surface area contributed by atoms with E-state index >= 15 is 0 Å². The number of carbonyl (C=O) groups excluding carboxylic acids is 4. The summed E-state index contributed by atoms with van der Waals surface area (Å²) in [7, 11) is 3.88. The Bertz CT molecular complexity index is 1230. The first kappa shape index (κ1) is 22.3. The van der Waals surface area contributed by atoms with Gasteiger partial charge in [0, 0.05) is 22.6 Å². The van der Waals surface area contributed by atoms with Crippen molar-refractivity contribution in [2.24, 2.45) is 5.92 Å². The molecule has 0 heterocycles. The van der Waals surface area contributed by atoms with Crippen molar-refractivity contribution in [2.45, 2.75) is 17.7 Å². The third-order valence-electron chi connectivity index (χ3n) is 5.94. The molecular weight excluding hydrogens is 459 g/mol. The van der Waals surface area contributed by atoms with Crippen LogP contribution in [0.25, 0.3) is 0 Å². The number of hydrogen-bond acceptors (Lipinski definition) is 7. The predicted molar refractivity (Wildman–Crippen MR) is 116 cm³/mol. The molecule has 0 bridgehead atoms. The van der Waals surface area contributed by atoms with Crippen molar-refractivity contribution in [1.82, 2.24) is 0 Å². The summed E-state index contributed by atoms with van der Waals surface area (Å²) < 4.78 is 13.7. The first-order valence-corrected chi connectivity index (χ1v) is 10.4. The van der Waals surface area contributed by atoms with Crippen molar-refractivity contribution >= 4 is 46.5 Å². The van der Waals surface area contributed by atoms with E-state index in [1.807, 2.05) is 0 Å². The molecule has 0 saturated carbocycles. The summed E-state index contributed by atoms with van der Waals surface area (Å²) in [6.45, 7) is 1.72. The van der Waals surface area contributed by atoms with Gasteiger partial charge in [-0.3, -0.25) is 14.4 Å². The molecule has 2 aliphatic rings. The maximum absolute atomic E-state index is 13.7. The lowest BCUT2D eigenvalue weighted by Gasteiger charge is -2.34. The number of hydrogen-bond donors (Lipinski definition) is 0. The molecule has 0 saturated heterocycles. The summed E-state index contributed by atoms with van der Waals surface area (Å²) in [6.07, 6.45) is 0.303. The van der Waals surface area contributed by atoms with Crippen molar-refractivity contribution in [3.63, 3.8) is 0 Å². The van der Waals surface area contributed by atoms with Crippen LogP contribution in [0, 0.1) is 5.92 Å². The van der Waals surface area contributed by atoms with Gasteiger partial charge in [-0.05, 0) is 30.2 Å². The Labute approximate surface area is 193 Å². The average Bonchev–Trinajstić information content (AvgIpc) is 2.78. The number of benzene rings is 2. The molecule has 166 valence electrons. The zero-order valence-electron chi connectivity index (χ0n) is 17.6. The monoisotopic (exact) mass is 476 g/mol. The number of Topliss-reactive ketones (excluding diaryl/α,β-unsaturated/α-hetero) is 1. The maximum atomic E-state index is 13.7. The van der Waals surface area contributed by atoms with Crippen LogP contribution < -0.4 is 9.47 Å². The summed E-state index contributed by atoms with van der Waals surface area (Å²) in [4.78, 5) is 52.7. The Kier molecular flexibility index (Phi) is 5.30. The lowest BCUT2D eigenvalue weighted by Crippen LogP contribution is -2.41. The van der Waals surface area contributed by atoms with Gasteiger partial charge < -0.3 is 14.2 Å². The second-order valence-electron chi connectivity index (χ2n) is 7.67. The number of fused-ring (bicyclic) bond motifs is 4. The predicted octanol–water partition coefficient (Wildman–Crippen LogP) is 3.81. The van der Waals surface area contributed by atoms with Gasteiger partial charge in [-0.2, -0.15) is 0 Å². The standard InChI is InChI=1S/C23H18Cl2O7/c1-9-5-10-7-14(31-3)17-18(15(10)21(28)23(9,24)25)19(26)12-6-11(22(29)32-4)8-13(30-2)16(12)20(17)27/h6-9H,5H2,1-4H3. The summed E-state index contributed by atoms with van der Waals surface area (Å²) in [5.41, 5.74) is 0.206. The van der Waals surface area contributed by atoms with Crippen LogP contribution in [0.1, 0.15) is 65.0 Å². The number of ether oxygens (including phenoxy) is 3. The van der Waals surface area contributed by atoms with E-state index in [9.17, 15) is 19.2 Å². The highest BCUT2D eigenvalue weighted by Gasteiger charge is 2.49. The minimum absolute atomic E-state index is 0.00432. The third kappa shape index (κ3) is 2.95. The van der Waals surface area contributed by atoms with Gasteiger partial charge in [0.1, 0.15) is 11.5 Å². The number of alkyl halides is 2. The molecule has 2 aromatic rings. The molecular formula is C23H18Cl2O7. The van der Waals surface area contributed by atoms with E-state index in [0.29, 0.717) is 12.0 Å². The minimum atomic E-state index is -1.76. The molecule has 7 nitrogen and oxygen atoms in total. The maximum Gasteiger partial charge on any atom is 0.338 e. The van der Waals surface area contributed by atoms with Crippen LogP contribution in [0.15, 0.2) is 18.2 Å². The molecule has 0 radical (unpaired) electrons. The first-order valence-electron chi connectivity index (χ1n) is 9.64.